The molecule has 0 saturated heterocycles. The first kappa shape index (κ1) is 17.1. The normalized spacial score (nSPS) is 10.7. The molecule has 1 amide bonds. The van der Waals surface area contributed by atoms with Gasteiger partial charge in [-0.05, 0) is 56.1 Å². The van der Waals surface area contributed by atoms with Crippen LogP contribution in [0.5, 0.6) is 5.75 Å². The van der Waals surface area contributed by atoms with Crippen molar-refractivity contribution in [2.24, 2.45) is 5.10 Å². The summed E-state index contributed by atoms with van der Waals surface area (Å²) in [6.07, 6.45) is 3.11. The molecule has 22 heavy (non-hydrogen) atoms. The first-order valence-electron chi connectivity index (χ1n) is 6.06. The Labute approximate surface area is 152 Å². The smallest absolute Gasteiger partial charge is 0.277 e. The Morgan fingerprint density at radius 1 is 1.27 bits per heavy atom. The minimum Gasteiger partial charge on any atom is -0.481 e. The van der Waals surface area contributed by atoms with Crippen molar-refractivity contribution in [1.29, 1.82) is 0 Å². The summed E-state index contributed by atoms with van der Waals surface area (Å²) in [6, 6.07) is 9.08. The summed E-state index contributed by atoms with van der Waals surface area (Å²) in [6.45, 7) is -0.154. The minimum absolute atomic E-state index is 0.154. The van der Waals surface area contributed by atoms with E-state index < -0.39 is 0 Å². The fourth-order valence-corrected chi connectivity index (χ4v) is 3.95. The Bertz CT molecular complexity index is 670. The second-order valence-corrected chi connectivity index (χ2v) is 6.66. The number of nitrogens with zero attached hydrogens (tertiary/aromatic N) is 2. The number of amides is 1. The number of hydrazone groups is 1. The number of pyridine rings is 1. The van der Waals surface area contributed by atoms with Gasteiger partial charge in [0.25, 0.3) is 5.91 Å². The highest BCUT2D eigenvalue weighted by Gasteiger charge is 2.10. The molecule has 1 aromatic heterocycles. The Kier molecular flexibility index (Phi) is 6.53. The Balaban J connectivity index is 1.87. The van der Waals surface area contributed by atoms with Gasteiger partial charge < -0.3 is 4.74 Å². The fourth-order valence-electron chi connectivity index (χ4n) is 1.46. The largest absolute Gasteiger partial charge is 0.481 e. The van der Waals surface area contributed by atoms with E-state index in [0.29, 0.717) is 11.4 Å². The Morgan fingerprint density at radius 3 is 2.64 bits per heavy atom. The third kappa shape index (κ3) is 5.19. The molecule has 1 N–H and O–H groups in total. The molecule has 2 aromatic rings. The zero-order valence-electron chi connectivity index (χ0n) is 11.1. The third-order valence-corrected chi connectivity index (χ3v) is 4.02. The van der Waals surface area contributed by atoms with Crippen LogP contribution < -0.4 is 10.2 Å². The van der Waals surface area contributed by atoms with Gasteiger partial charge in [0.2, 0.25) is 0 Å². The van der Waals surface area contributed by atoms with Crippen LogP contribution in [-0.4, -0.2) is 23.7 Å². The fraction of sp³-hybridized carbons (Fsp3) is 0.0714. The number of hydrogen-bond donors (Lipinski definition) is 1. The quantitative estimate of drug-likeness (QED) is 0.509. The molecular formula is C14H10Br3N3O2. The van der Waals surface area contributed by atoms with Crippen molar-refractivity contribution >= 4 is 59.9 Å². The molecule has 0 unspecified atom stereocenters. The summed E-state index contributed by atoms with van der Waals surface area (Å²) in [5, 5.41) is 3.81. The molecule has 1 heterocycles. The summed E-state index contributed by atoms with van der Waals surface area (Å²) in [4.78, 5) is 15.7. The Morgan fingerprint density at radius 2 is 2.00 bits per heavy atom. The van der Waals surface area contributed by atoms with E-state index in [-0.39, 0.29) is 12.5 Å². The van der Waals surface area contributed by atoms with E-state index in [1.165, 1.54) is 6.21 Å². The highest BCUT2D eigenvalue weighted by atomic mass is 79.9. The van der Waals surface area contributed by atoms with E-state index in [1.807, 2.05) is 18.2 Å². The maximum Gasteiger partial charge on any atom is 0.277 e. The summed E-state index contributed by atoms with van der Waals surface area (Å²) < 4.78 is 7.83. The summed E-state index contributed by atoms with van der Waals surface area (Å²) in [5.74, 6) is 0.181. The van der Waals surface area contributed by atoms with E-state index in [9.17, 15) is 4.79 Å². The molecule has 5 nitrogen and oxygen atoms in total. The average Bonchev–Trinajstić information content (AvgIpc) is 2.47. The topological polar surface area (TPSA) is 63.6 Å². The lowest BCUT2D eigenvalue weighted by molar-refractivity contribution is -0.123. The molecule has 114 valence electrons. The molecule has 2 rings (SSSR count). The van der Waals surface area contributed by atoms with Crippen molar-refractivity contribution in [2.75, 3.05) is 6.61 Å². The van der Waals surface area contributed by atoms with Crippen molar-refractivity contribution in [1.82, 2.24) is 10.4 Å². The molecule has 8 heteroatoms. The average molecular weight is 492 g/mol. The van der Waals surface area contributed by atoms with E-state index in [2.05, 4.69) is 63.3 Å². The van der Waals surface area contributed by atoms with Gasteiger partial charge in [0, 0.05) is 10.7 Å². The number of hydrogen-bond acceptors (Lipinski definition) is 4. The molecule has 0 fully saturated rings. The lowest BCUT2D eigenvalue weighted by Gasteiger charge is -2.09. The summed E-state index contributed by atoms with van der Waals surface area (Å²) in [7, 11) is 0. The van der Waals surface area contributed by atoms with Crippen molar-refractivity contribution in [3.63, 3.8) is 0 Å². The maximum absolute atomic E-state index is 11.7. The number of carbonyl (C=O) groups is 1. The first-order valence-corrected chi connectivity index (χ1v) is 8.44. The van der Waals surface area contributed by atoms with Gasteiger partial charge in [-0.1, -0.05) is 22.0 Å². The highest BCUT2D eigenvalue weighted by Crippen LogP contribution is 2.36. The van der Waals surface area contributed by atoms with Crippen molar-refractivity contribution in [3.05, 3.63) is 55.6 Å². The second kappa shape index (κ2) is 8.40. The monoisotopic (exact) mass is 489 g/mol. The predicted octanol–water partition coefficient (Wildman–Crippen LogP) is 3.90. The molecule has 0 radical (unpaired) electrons. The number of aromatic nitrogens is 1. The van der Waals surface area contributed by atoms with Crippen molar-refractivity contribution in [2.45, 2.75) is 0 Å². The van der Waals surface area contributed by atoms with E-state index >= 15 is 0 Å². The molecule has 0 atom stereocenters. The number of benzene rings is 1. The highest BCUT2D eigenvalue weighted by molar-refractivity contribution is 9.11. The van der Waals surface area contributed by atoms with Gasteiger partial charge in [0.05, 0.1) is 20.9 Å². The van der Waals surface area contributed by atoms with E-state index in [0.717, 1.165) is 13.4 Å². The molecule has 0 spiro atoms. The van der Waals surface area contributed by atoms with Crippen LogP contribution in [0.3, 0.4) is 0 Å². The van der Waals surface area contributed by atoms with E-state index in [1.54, 1.807) is 18.3 Å². The third-order valence-electron chi connectivity index (χ3n) is 2.38. The number of rotatable bonds is 5. The lowest BCUT2D eigenvalue weighted by Crippen LogP contribution is -2.24. The maximum atomic E-state index is 11.7. The summed E-state index contributed by atoms with van der Waals surface area (Å²) in [5.41, 5.74) is 3.03. The van der Waals surface area contributed by atoms with Crippen molar-refractivity contribution < 1.29 is 9.53 Å². The standard InChI is InChI=1S/C14H10Br3N3O2/c15-9-5-11(16)14(12(17)6-9)22-8-13(21)20-19-7-10-3-1-2-4-18-10/h1-7H,8H2,(H,20,21)/b19-7-. The number of nitrogens with one attached hydrogen (secondary N) is 1. The van der Waals surface area contributed by atoms with Crippen LogP contribution in [0.2, 0.25) is 0 Å². The van der Waals surface area contributed by atoms with Gasteiger partial charge in [-0.3, -0.25) is 9.78 Å². The second-order valence-electron chi connectivity index (χ2n) is 4.04. The number of carbonyl (C=O) groups excluding carboxylic acids is 1. The van der Waals surface area contributed by atoms with Gasteiger partial charge in [-0.15, -0.1) is 0 Å². The molecule has 1 aromatic carbocycles. The number of ether oxygens (including phenoxy) is 1. The first-order chi connectivity index (χ1) is 10.6. The van der Waals surface area contributed by atoms with Gasteiger partial charge in [0.15, 0.2) is 6.61 Å². The molecule has 0 aliphatic carbocycles. The van der Waals surface area contributed by atoms with Crippen LogP contribution in [-0.2, 0) is 4.79 Å². The van der Waals surface area contributed by atoms with Crippen LogP contribution in [0.4, 0.5) is 0 Å². The molecule has 0 aliphatic rings. The van der Waals surface area contributed by atoms with Crippen LogP contribution in [0.1, 0.15) is 5.69 Å². The van der Waals surface area contributed by atoms with Crippen LogP contribution >= 0.6 is 47.8 Å². The van der Waals surface area contributed by atoms with Gasteiger partial charge in [0.1, 0.15) is 5.75 Å². The Hall–Kier alpha value is -1.25. The van der Waals surface area contributed by atoms with Crippen LogP contribution in [0.25, 0.3) is 0 Å². The molecule has 0 aliphatic heterocycles. The van der Waals surface area contributed by atoms with Gasteiger partial charge in [-0.25, -0.2) is 5.43 Å². The van der Waals surface area contributed by atoms with Gasteiger partial charge in [-0.2, -0.15) is 5.10 Å². The SMILES string of the molecule is O=C(COc1c(Br)cc(Br)cc1Br)N/N=C\c1ccccn1. The van der Waals surface area contributed by atoms with Gasteiger partial charge >= 0.3 is 0 Å². The zero-order valence-corrected chi connectivity index (χ0v) is 15.9. The summed E-state index contributed by atoms with van der Waals surface area (Å²) >= 11 is 10.1. The zero-order chi connectivity index (χ0) is 15.9. The molecule has 0 bridgehead atoms. The van der Waals surface area contributed by atoms with Crippen LogP contribution in [0, 0.1) is 0 Å². The van der Waals surface area contributed by atoms with E-state index in [4.69, 9.17) is 4.74 Å². The molecular weight excluding hydrogens is 482 g/mol. The molecule has 0 saturated carbocycles. The predicted molar refractivity (Wildman–Crippen MR) is 95.0 cm³/mol. The van der Waals surface area contributed by atoms with Crippen molar-refractivity contribution in [3.8, 4) is 5.75 Å². The lowest BCUT2D eigenvalue weighted by atomic mass is 10.3. The number of halogens is 3. The van der Waals surface area contributed by atoms with Crippen LogP contribution in [0.15, 0.2) is 55.0 Å². The minimum atomic E-state index is -0.367.